The zero-order valence-electron chi connectivity index (χ0n) is 28.2. The first-order chi connectivity index (χ1) is 22.3. The van der Waals surface area contributed by atoms with Gasteiger partial charge in [0.05, 0.1) is 42.0 Å². The van der Waals surface area contributed by atoms with Crippen molar-refractivity contribution in [2.24, 2.45) is 0 Å². The molecule has 12 nitrogen and oxygen atoms in total. The summed E-state index contributed by atoms with van der Waals surface area (Å²) in [5, 5.41) is 8.17. The van der Waals surface area contributed by atoms with Crippen molar-refractivity contribution in [2.75, 3.05) is 38.2 Å². The van der Waals surface area contributed by atoms with Crippen LogP contribution in [0.2, 0.25) is 30.7 Å². The first-order valence-electron chi connectivity index (χ1n) is 15.4. The minimum Gasteiger partial charge on any atom is -0.494 e. The monoisotopic (exact) mass is 702 g/mol. The number of nitrogens with zero attached hydrogens (tertiary/aromatic N) is 6. The molecule has 0 aliphatic heterocycles. The number of methoxy groups -OCH3 is 2. The highest BCUT2D eigenvalue weighted by Gasteiger charge is 2.37. The van der Waals surface area contributed by atoms with Crippen LogP contribution in [0.15, 0.2) is 53.3 Å². The number of hydrogen-bond donors (Lipinski definition) is 0. The maximum Gasteiger partial charge on any atom is 0.255 e. The maximum absolute atomic E-state index is 14.8. The molecule has 15 heteroatoms. The van der Waals surface area contributed by atoms with Crippen LogP contribution >= 0.6 is 11.6 Å². The van der Waals surface area contributed by atoms with Crippen molar-refractivity contribution in [3.8, 4) is 28.8 Å². The third kappa shape index (κ3) is 7.82. The fourth-order valence-electron chi connectivity index (χ4n) is 5.13. The molecule has 47 heavy (non-hydrogen) atoms. The molecule has 0 fully saturated rings. The van der Waals surface area contributed by atoms with Crippen LogP contribution in [0, 0.1) is 0 Å². The van der Waals surface area contributed by atoms with Gasteiger partial charge in [-0.2, -0.15) is 0 Å². The van der Waals surface area contributed by atoms with Gasteiger partial charge in [-0.05, 0) is 57.1 Å². The van der Waals surface area contributed by atoms with Gasteiger partial charge in [0.2, 0.25) is 21.8 Å². The Morgan fingerprint density at radius 2 is 1.72 bits per heavy atom. The molecule has 0 aliphatic rings. The summed E-state index contributed by atoms with van der Waals surface area (Å²) in [5.41, 5.74) is 1.03. The first kappa shape index (κ1) is 36.0. The Balaban J connectivity index is 1.90. The number of anilines is 1. The minimum atomic E-state index is -4.16. The molecule has 4 aromatic rings. The van der Waals surface area contributed by atoms with E-state index in [2.05, 4.69) is 34.8 Å². The van der Waals surface area contributed by atoms with Gasteiger partial charge in [0.25, 0.3) is 5.91 Å². The SMILES string of the molecule is CCN(CC)C(=O)c1cc(Cl)cnc1CC(C)S(=O)(=O)N(CC[Si](C)(C)C)c1nnc(-c2ccco2)n1-c1c(OC)cccc1OC. The van der Waals surface area contributed by atoms with Gasteiger partial charge in [-0.15, -0.1) is 10.2 Å². The van der Waals surface area contributed by atoms with Crippen LogP contribution in [0.1, 0.15) is 36.8 Å². The Morgan fingerprint density at radius 3 is 2.28 bits per heavy atom. The Labute approximate surface area is 282 Å². The molecule has 3 heterocycles. The molecule has 1 unspecified atom stereocenters. The molecule has 0 radical (unpaired) electrons. The fourth-order valence-corrected chi connectivity index (χ4v) is 7.84. The Morgan fingerprint density at radius 1 is 1.06 bits per heavy atom. The van der Waals surface area contributed by atoms with E-state index >= 15 is 0 Å². The number of rotatable bonds is 15. The predicted molar refractivity (Wildman–Crippen MR) is 186 cm³/mol. The standard InChI is InChI=1S/C32H43ClN6O6SSi/c1-9-37(10-2)31(40)24-20-23(33)21-34-25(24)19-22(3)46(41,42)38(16-18-47(6,7)8)32-36-35-30(28-15-12-17-45-28)39(32)29-26(43-4)13-11-14-27(29)44-5/h11-15,17,20-22H,9-10,16,18-19H2,1-8H3. The number of para-hydroxylation sites is 1. The Bertz CT molecular complexity index is 1770. The highest BCUT2D eigenvalue weighted by atomic mass is 35.5. The summed E-state index contributed by atoms with van der Waals surface area (Å²) < 4.78 is 49.6. The van der Waals surface area contributed by atoms with Crippen LogP contribution in [0.5, 0.6) is 11.5 Å². The summed E-state index contributed by atoms with van der Waals surface area (Å²) in [6, 6.07) is 10.9. The van der Waals surface area contributed by atoms with E-state index in [1.807, 2.05) is 13.8 Å². The predicted octanol–water partition coefficient (Wildman–Crippen LogP) is 6.18. The number of amides is 1. The van der Waals surface area contributed by atoms with Gasteiger partial charge in [0.15, 0.2) is 5.76 Å². The molecule has 1 amide bonds. The average molecular weight is 703 g/mol. The van der Waals surface area contributed by atoms with E-state index < -0.39 is 23.3 Å². The molecule has 254 valence electrons. The van der Waals surface area contributed by atoms with Crippen LogP contribution in [0.3, 0.4) is 0 Å². The van der Waals surface area contributed by atoms with Crippen molar-refractivity contribution in [2.45, 2.75) is 58.1 Å². The lowest BCUT2D eigenvalue weighted by atomic mass is 10.1. The van der Waals surface area contributed by atoms with Crippen LogP contribution in [-0.4, -0.2) is 86.2 Å². The second kappa shape index (κ2) is 14.9. The third-order valence-electron chi connectivity index (χ3n) is 7.82. The van der Waals surface area contributed by atoms with Gasteiger partial charge in [-0.3, -0.25) is 14.3 Å². The average Bonchev–Trinajstić information content (AvgIpc) is 3.72. The zero-order chi connectivity index (χ0) is 34.5. The molecule has 0 bridgehead atoms. The highest BCUT2D eigenvalue weighted by molar-refractivity contribution is 7.93. The van der Waals surface area contributed by atoms with Gasteiger partial charge in [0.1, 0.15) is 17.2 Å². The van der Waals surface area contributed by atoms with Crippen LogP contribution in [0.25, 0.3) is 17.3 Å². The molecule has 0 saturated heterocycles. The Hall–Kier alpha value is -3.88. The molecule has 4 rings (SSSR count). The number of aromatic nitrogens is 4. The van der Waals surface area contributed by atoms with E-state index in [1.165, 1.54) is 31.0 Å². The molecule has 0 spiro atoms. The second-order valence-corrected chi connectivity index (χ2v) is 20.5. The maximum atomic E-state index is 14.8. The lowest BCUT2D eigenvalue weighted by molar-refractivity contribution is 0.0771. The summed E-state index contributed by atoms with van der Waals surface area (Å²) in [4.78, 5) is 19.5. The van der Waals surface area contributed by atoms with Crippen molar-refractivity contribution in [1.82, 2.24) is 24.6 Å². The van der Waals surface area contributed by atoms with E-state index in [1.54, 1.807) is 52.8 Å². The lowest BCUT2D eigenvalue weighted by Crippen LogP contribution is -2.43. The minimum absolute atomic E-state index is 0.0392. The molecule has 0 saturated carbocycles. The number of carbonyl (C=O) groups is 1. The number of benzene rings is 1. The van der Waals surface area contributed by atoms with E-state index in [9.17, 15) is 13.2 Å². The number of pyridine rings is 1. The molecular formula is C32H43ClN6O6SSi. The van der Waals surface area contributed by atoms with Gasteiger partial charge >= 0.3 is 0 Å². The number of furan rings is 1. The highest BCUT2D eigenvalue weighted by Crippen LogP contribution is 2.39. The van der Waals surface area contributed by atoms with E-state index in [0.29, 0.717) is 52.8 Å². The van der Waals surface area contributed by atoms with Crippen molar-refractivity contribution in [1.29, 1.82) is 0 Å². The summed E-state index contributed by atoms with van der Waals surface area (Å²) in [6.07, 6.45) is 2.90. The van der Waals surface area contributed by atoms with Crippen LogP contribution in [-0.2, 0) is 16.4 Å². The zero-order valence-corrected chi connectivity index (χ0v) is 30.7. The van der Waals surface area contributed by atoms with Gasteiger partial charge in [-0.25, -0.2) is 12.7 Å². The fraction of sp³-hybridized carbons (Fsp3) is 0.438. The largest absolute Gasteiger partial charge is 0.494 e. The van der Waals surface area contributed by atoms with Crippen molar-refractivity contribution >= 4 is 41.6 Å². The number of carbonyl (C=O) groups excluding carboxylic acids is 1. The lowest BCUT2D eigenvalue weighted by Gasteiger charge is -2.30. The molecule has 3 aromatic heterocycles. The van der Waals surface area contributed by atoms with Crippen molar-refractivity contribution < 1.29 is 27.1 Å². The van der Waals surface area contributed by atoms with E-state index in [-0.39, 0.29) is 36.2 Å². The van der Waals surface area contributed by atoms with Crippen LogP contribution < -0.4 is 13.8 Å². The van der Waals surface area contributed by atoms with Crippen molar-refractivity contribution in [3.05, 3.63) is 65.1 Å². The number of hydrogen-bond acceptors (Lipinski definition) is 9. The number of ether oxygens (including phenoxy) is 2. The molecule has 0 N–H and O–H groups in total. The summed E-state index contributed by atoms with van der Waals surface area (Å²) in [7, 11) is -2.90. The molecular weight excluding hydrogens is 660 g/mol. The summed E-state index contributed by atoms with van der Waals surface area (Å²) >= 11 is 6.26. The van der Waals surface area contributed by atoms with Crippen molar-refractivity contribution in [3.63, 3.8) is 0 Å². The van der Waals surface area contributed by atoms with Crippen LogP contribution in [0.4, 0.5) is 5.95 Å². The second-order valence-electron chi connectivity index (χ2n) is 12.2. The third-order valence-corrected chi connectivity index (χ3v) is 11.9. The smallest absolute Gasteiger partial charge is 0.255 e. The molecule has 1 aromatic carbocycles. The first-order valence-corrected chi connectivity index (χ1v) is 21.0. The van der Waals surface area contributed by atoms with Gasteiger partial charge in [0, 0.05) is 40.3 Å². The summed E-state index contributed by atoms with van der Waals surface area (Å²) in [6.45, 7) is 13.0. The van der Waals surface area contributed by atoms with E-state index in [4.69, 9.17) is 25.5 Å². The summed E-state index contributed by atoms with van der Waals surface area (Å²) in [5.74, 6) is 1.26. The van der Waals surface area contributed by atoms with Gasteiger partial charge < -0.3 is 18.8 Å². The normalized spacial score (nSPS) is 12.5. The Kier molecular flexibility index (Phi) is 11.4. The molecule has 0 aliphatic carbocycles. The number of sulfonamides is 1. The molecule has 1 atom stereocenters. The topological polar surface area (TPSA) is 133 Å². The van der Waals surface area contributed by atoms with Gasteiger partial charge in [-0.1, -0.05) is 37.3 Å². The quantitative estimate of drug-likeness (QED) is 0.133. The number of halogens is 1. The van der Waals surface area contributed by atoms with E-state index in [0.717, 1.165) is 0 Å².